The number of anilines is 1. The van der Waals surface area contributed by atoms with E-state index in [9.17, 15) is 5.11 Å². The minimum absolute atomic E-state index is 0.0852. The van der Waals surface area contributed by atoms with Gasteiger partial charge in [-0.15, -0.1) is 0 Å². The van der Waals surface area contributed by atoms with E-state index in [2.05, 4.69) is 28.5 Å². The molecule has 3 aromatic rings. The van der Waals surface area contributed by atoms with Gasteiger partial charge in [-0.2, -0.15) is 5.10 Å². The second-order valence-electron chi connectivity index (χ2n) is 4.74. The van der Waals surface area contributed by atoms with Crippen molar-refractivity contribution >= 4 is 32.9 Å². The Bertz CT molecular complexity index is 843. The molecule has 2 aromatic carbocycles. The number of phenolic OH excluding ortho intramolecular Hbond substituents is 1. The molecule has 0 radical (unpaired) electrons. The van der Waals surface area contributed by atoms with E-state index >= 15 is 0 Å². The molecule has 0 unspecified atom stereocenters. The Morgan fingerprint density at radius 3 is 2.91 bits per heavy atom. The fraction of sp³-hybridized carbons (Fsp3) is 0.125. The van der Waals surface area contributed by atoms with Gasteiger partial charge in [0.1, 0.15) is 0 Å². The molecule has 0 aliphatic carbocycles. The molecule has 3 rings (SSSR count). The van der Waals surface area contributed by atoms with Crippen LogP contribution in [0.3, 0.4) is 0 Å². The number of rotatable bonds is 4. The molecule has 0 atom stereocenters. The predicted molar refractivity (Wildman–Crippen MR) is 90.2 cm³/mol. The van der Waals surface area contributed by atoms with Gasteiger partial charge in [0.25, 0.3) is 0 Å². The van der Waals surface area contributed by atoms with Crippen LogP contribution >= 0.6 is 11.3 Å². The lowest BCUT2D eigenvalue weighted by atomic mass is 10.2. The Labute approximate surface area is 131 Å². The topological polar surface area (TPSA) is 66.7 Å². The summed E-state index contributed by atoms with van der Waals surface area (Å²) in [6, 6.07) is 11.1. The maximum absolute atomic E-state index is 9.72. The average Bonchev–Trinajstić information content (AvgIpc) is 2.92. The lowest BCUT2D eigenvalue weighted by Crippen LogP contribution is -1.90. The average molecular weight is 313 g/mol. The number of hydrogen-bond acceptors (Lipinski definition) is 6. The van der Waals surface area contributed by atoms with Crippen LogP contribution in [0.2, 0.25) is 0 Å². The number of hydrogen-bond donors (Lipinski definition) is 2. The molecule has 0 saturated heterocycles. The maximum atomic E-state index is 9.72. The number of nitrogens with zero attached hydrogens (tertiary/aromatic N) is 2. The molecule has 5 nitrogen and oxygen atoms in total. The van der Waals surface area contributed by atoms with Gasteiger partial charge in [0.05, 0.1) is 23.5 Å². The van der Waals surface area contributed by atoms with Gasteiger partial charge in [0.2, 0.25) is 5.13 Å². The van der Waals surface area contributed by atoms with Crippen LogP contribution in [0, 0.1) is 6.92 Å². The zero-order chi connectivity index (χ0) is 15.5. The van der Waals surface area contributed by atoms with Crippen molar-refractivity contribution in [3.8, 4) is 11.5 Å². The van der Waals surface area contributed by atoms with Crippen molar-refractivity contribution in [2.45, 2.75) is 6.92 Å². The normalized spacial score (nSPS) is 11.2. The molecule has 0 aliphatic heterocycles. The van der Waals surface area contributed by atoms with E-state index in [1.54, 1.807) is 29.7 Å². The van der Waals surface area contributed by atoms with Crippen molar-refractivity contribution in [1.29, 1.82) is 0 Å². The molecule has 112 valence electrons. The van der Waals surface area contributed by atoms with Crippen LogP contribution < -0.4 is 10.2 Å². The Kier molecular flexibility index (Phi) is 3.93. The van der Waals surface area contributed by atoms with Gasteiger partial charge in [0, 0.05) is 0 Å². The Hall–Kier alpha value is -2.60. The summed E-state index contributed by atoms with van der Waals surface area (Å²) < 4.78 is 6.16. The van der Waals surface area contributed by atoms with Crippen LogP contribution in [0.4, 0.5) is 5.13 Å². The van der Waals surface area contributed by atoms with E-state index in [1.807, 2.05) is 18.2 Å². The molecule has 0 saturated carbocycles. The van der Waals surface area contributed by atoms with Gasteiger partial charge in [-0.25, -0.2) is 4.98 Å². The summed E-state index contributed by atoms with van der Waals surface area (Å²) in [5.41, 5.74) is 5.85. The largest absolute Gasteiger partial charge is 0.504 e. The summed E-state index contributed by atoms with van der Waals surface area (Å²) in [6.45, 7) is 2.06. The fourth-order valence-corrected chi connectivity index (χ4v) is 2.97. The van der Waals surface area contributed by atoms with E-state index in [0.29, 0.717) is 5.75 Å². The number of benzene rings is 2. The first kappa shape index (κ1) is 14.3. The Balaban J connectivity index is 1.75. The first-order valence-corrected chi connectivity index (χ1v) is 7.51. The number of aromatic hydroxyl groups is 1. The maximum Gasteiger partial charge on any atom is 0.204 e. The van der Waals surface area contributed by atoms with Crippen molar-refractivity contribution in [3.63, 3.8) is 0 Å². The molecule has 1 heterocycles. The SMILES string of the molecule is COc1ccc(/C=N\Nc2nc3cccc(C)c3s2)cc1O. The first-order chi connectivity index (χ1) is 10.7. The fourth-order valence-electron chi connectivity index (χ4n) is 2.08. The van der Waals surface area contributed by atoms with Gasteiger partial charge in [-0.1, -0.05) is 23.5 Å². The number of aromatic nitrogens is 1. The Morgan fingerprint density at radius 1 is 1.32 bits per heavy atom. The van der Waals surface area contributed by atoms with Crippen LogP contribution in [-0.2, 0) is 0 Å². The van der Waals surface area contributed by atoms with E-state index in [-0.39, 0.29) is 5.75 Å². The molecule has 0 amide bonds. The van der Waals surface area contributed by atoms with Gasteiger partial charge >= 0.3 is 0 Å². The molecule has 22 heavy (non-hydrogen) atoms. The summed E-state index contributed by atoms with van der Waals surface area (Å²) in [7, 11) is 1.51. The monoisotopic (exact) mass is 313 g/mol. The summed E-state index contributed by atoms with van der Waals surface area (Å²) in [5, 5.41) is 14.6. The molecule has 6 heteroatoms. The third-order valence-electron chi connectivity index (χ3n) is 3.19. The summed E-state index contributed by atoms with van der Waals surface area (Å²) in [5.74, 6) is 0.522. The molecule has 0 spiro atoms. The van der Waals surface area contributed by atoms with Crippen LogP contribution in [0.1, 0.15) is 11.1 Å². The lowest BCUT2D eigenvalue weighted by Gasteiger charge is -2.02. The third-order valence-corrected chi connectivity index (χ3v) is 4.30. The zero-order valence-corrected chi connectivity index (χ0v) is 13.0. The number of nitrogens with one attached hydrogen (secondary N) is 1. The summed E-state index contributed by atoms with van der Waals surface area (Å²) in [6.07, 6.45) is 1.62. The predicted octanol–water partition coefficient (Wildman–Crippen LogP) is 3.76. The van der Waals surface area contributed by atoms with Crippen LogP contribution in [-0.4, -0.2) is 23.4 Å². The van der Waals surface area contributed by atoms with Gasteiger partial charge in [-0.3, -0.25) is 5.43 Å². The first-order valence-electron chi connectivity index (χ1n) is 6.69. The number of thiazole rings is 1. The van der Waals surface area contributed by atoms with Crippen molar-refractivity contribution in [3.05, 3.63) is 47.5 Å². The molecule has 0 aliphatic rings. The Morgan fingerprint density at radius 2 is 2.18 bits per heavy atom. The standard InChI is InChI=1S/C16H15N3O2S/c1-10-4-3-5-12-15(10)22-16(18-12)19-17-9-11-6-7-14(21-2)13(20)8-11/h3-9,20H,1-2H3,(H,18,19)/b17-9-. The molecule has 2 N–H and O–H groups in total. The minimum atomic E-state index is 0.0852. The quantitative estimate of drug-likeness (QED) is 0.568. The summed E-state index contributed by atoms with van der Waals surface area (Å²) in [4.78, 5) is 4.47. The van der Waals surface area contributed by atoms with Crippen LogP contribution in [0.25, 0.3) is 10.2 Å². The number of methoxy groups -OCH3 is 1. The van der Waals surface area contributed by atoms with E-state index < -0.39 is 0 Å². The number of aryl methyl sites for hydroxylation is 1. The van der Waals surface area contributed by atoms with Crippen molar-refractivity contribution in [2.24, 2.45) is 5.10 Å². The molecular formula is C16H15N3O2S. The third kappa shape index (κ3) is 2.87. The van der Waals surface area contributed by atoms with E-state index in [1.165, 1.54) is 12.7 Å². The smallest absolute Gasteiger partial charge is 0.204 e. The minimum Gasteiger partial charge on any atom is -0.504 e. The van der Waals surface area contributed by atoms with E-state index in [0.717, 1.165) is 20.9 Å². The van der Waals surface area contributed by atoms with Gasteiger partial charge in [0.15, 0.2) is 11.5 Å². The van der Waals surface area contributed by atoms with Crippen molar-refractivity contribution < 1.29 is 9.84 Å². The highest BCUT2D eigenvalue weighted by Crippen LogP contribution is 2.28. The highest BCUT2D eigenvalue weighted by Gasteiger charge is 2.04. The number of hydrazone groups is 1. The highest BCUT2D eigenvalue weighted by molar-refractivity contribution is 7.22. The number of phenols is 1. The number of fused-ring (bicyclic) bond motifs is 1. The second kappa shape index (κ2) is 6.03. The highest BCUT2D eigenvalue weighted by atomic mass is 32.1. The molecular weight excluding hydrogens is 298 g/mol. The summed E-state index contributed by atoms with van der Waals surface area (Å²) >= 11 is 1.56. The second-order valence-corrected chi connectivity index (χ2v) is 5.74. The van der Waals surface area contributed by atoms with E-state index in [4.69, 9.17) is 4.74 Å². The molecule has 1 aromatic heterocycles. The van der Waals surface area contributed by atoms with Crippen molar-refractivity contribution in [2.75, 3.05) is 12.5 Å². The lowest BCUT2D eigenvalue weighted by molar-refractivity contribution is 0.373. The van der Waals surface area contributed by atoms with Gasteiger partial charge in [-0.05, 0) is 42.3 Å². The van der Waals surface area contributed by atoms with Gasteiger partial charge < -0.3 is 9.84 Å². The van der Waals surface area contributed by atoms with Crippen LogP contribution in [0.5, 0.6) is 11.5 Å². The van der Waals surface area contributed by atoms with Crippen LogP contribution in [0.15, 0.2) is 41.5 Å². The number of ether oxygens (including phenoxy) is 1. The molecule has 0 fully saturated rings. The zero-order valence-electron chi connectivity index (χ0n) is 12.2. The molecule has 0 bridgehead atoms. The van der Waals surface area contributed by atoms with Crippen molar-refractivity contribution in [1.82, 2.24) is 4.98 Å².